The molecule has 136 valence electrons. The normalized spacial score (nSPS) is 11.5. The molecule has 0 aromatic heterocycles. The largest absolute Gasteiger partial charge is 0.508 e. The van der Waals surface area contributed by atoms with Gasteiger partial charge in [0.25, 0.3) is 0 Å². The Hall–Kier alpha value is -2.00. The first-order valence-electron chi connectivity index (χ1n) is 9.12. The summed E-state index contributed by atoms with van der Waals surface area (Å²) < 4.78 is 5.91. The monoisotopic (exact) mass is 341 g/mol. The minimum Gasteiger partial charge on any atom is -0.508 e. The molecule has 0 heterocycles. The van der Waals surface area contributed by atoms with Crippen LogP contribution >= 0.6 is 0 Å². The third kappa shape index (κ3) is 5.79. The van der Waals surface area contributed by atoms with Gasteiger partial charge in [-0.1, -0.05) is 18.2 Å². The van der Waals surface area contributed by atoms with Gasteiger partial charge in [-0.3, -0.25) is 4.90 Å². The first-order valence-corrected chi connectivity index (χ1v) is 9.12. The summed E-state index contributed by atoms with van der Waals surface area (Å²) in [4.78, 5) is 2.43. The lowest BCUT2D eigenvalue weighted by atomic mass is 10.0. The number of phenolic OH excluding ortho intramolecular Hbond substituents is 1. The molecule has 0 amide bonds. The fourth-order valence-corrected chi connectivity index (χ4v) is 3.18. The van der Waals surface area contributed by atoms with Crippen molar-refractivity contribution in [3.8, 4) is 11.5 Å². The van der Waals surface area contributed by atoms with Crippen LogP contribution in [0.5, 0.6) is 11.5 Å². The first-order chi connectivity index (χ1) is 11.9. The second-order valence-electron chi connectivity index (χ2n) is 7.21. The molecule has 2 rings (SSSR count). The molecule has 0 spiro atoms. The molecule has 0 bridgehead atoms. The van der Waals surface area contributed by atoms with Gasteiger partial charge in [-0.15, -0.1) is 0 Å². The van der Waals surface area contributed by atoms with Crippen LogP contribution in [0.15, 0.2) is 42.5 Å². The highest BCUT2D eigenvalue weighted by Crippen LogP contribution is 2.20. The zero-order valence-corrected chi connectivity index (χ0v) is 16.1. The highest BCUT2D eigenvalue weighted by Gasteiger charge is 2.12. The topological polar surface area (TPSA) is 32.7 Å². The molecule has 0 saturated heterocycles. The number of aryl methyl sites for hydroxylation is 1. The quantitative estimate of drug-likeness (QED) is 0.749. The van der Waals surface area contributed by atoms with Gasteiger partial charge in [0.1, 0.15) is 18.1 Å². The zero-order chi connectivity index (χ0) is 18.4. The highest BCUT2D eigenvalue weighted by molar-refractivity contribution is 5.38. The van der Waals surface area contributed by atoms with Gasteiger partial charge in [0.2, 0.25) is 0 Å². The average Bonchev–Trinajstić information content (AvgIpc) is 2.55. The van der Waals surface area contributed by atoms with E-state index in [4.69, 9.17) is 4.74 Å². The molecule has 0 aliphatic rings. The number of ether oxygens (including phenoxy) is 1. The van der Waals surface area contributed by atoms with Crippen LogP contribution in [0.1, 0.15) is 44.4 Å². The summed E-state index contributed by atoms with van der Waals surface area (Å²) in [5.41, 5.74) is 3.59. The molecule has 2 aromatic rings. The second kappa shape index (κ2) is 8.91. The fraction of sp³-hybridized carbons (Fsp3) is 0.455. The van der Waals surface area contributed by atoms with Gasteiger partial charge in [0.15, 0.2) is 0 Å². The molecule has 1 N–H and O–H groups in total. The van der Waals surface area contributed by atoms with Crippen molar-refractivity contribution >= 4 is 0 Å². The lowest BCUT2D eigenvalue weighted by molar-refractivity contribution is 0.142. The Morgan fingerprint density at radius 1 is 0.960 bits per heavy atom. The average molecular weight is 341 g/mol. The predicted octanol–water partition coefficient (Wildman–Crippen LogP) is 4.79. The van der Waals surface area contributed by atoms with Gasteiger partial charge >= 0.3 is 0 Å². The minimum absolute atomic E-state index is 0.321. The molecule has 0 fully saturated rings. The Morgan fingerprint density at radius 2 is 1.60 bits per heavy atom. The summed E-state index contributed by atoms with van der Waals surface area (Å²) in [7, 11) is 0. The van der Waals surface area contributed by atoms with Crippen molar-refractivity contribution in [3.63, 3.8) is 0 Å². The van der Waals surface area contributed by atoms with Crippen molar-refractivity contribution in [3.05, 3.63) is 59.2 Å². The van der Waals surface area contributed by atoms with Crippen LogP contribution in [0.25, 0.3) is 0 Å². The number of nitrogens with zero attached hydrogens (tertiary/aromatic N) is 1. The maximum atomic E-state index is 9.51. The molecule has 0 radical (unpaired) electrons. The van der Waals surface area contributed by atoms with Crippen LogP contribution in [0, 0.1) is 6.92 Å². The molecule has 3 heteroatoms. The van der Waals surface area contributed by atoms with Crippen LogP contribution in [0.4, 0.5) is 0 Å². The van der Waals surface area contributed by atoms with Crippen LogP contribution in [-0.2, 0) is 6.42 Å². The summed E-state index contributed by atoms with van der Waals surface area (Å²) in [6, 6.07) is 14.9. The maximum absolute atomic E-state index is 9.51. The number of rotatable bonds is 8. The lowest BCUT2D eigenvalue weighted by Crippen LogP contribution is -2.39. The van der Waals surface area contributed by atoms with Gasteiger partial charge in [-0.25, -0.2) is 0 Å². The van der Waals surface area contributed by atoms with Crippen molar-refractivity contribution in [2.75, 3.05) is 13.2 Å². The van der Waals surface area contributed by atoms with Crippen LogP contribution < -0.4 is 4.74 Å². The Balaban J connectivity index is 1.89. The highest BCUT2D eigenvalue weighted by atomic mass is 16.5. The van der Waals surface area contributed by atoms with Crippen molar-refractivity contribution in [2.24, 2.45) is 0 Å². The number of hydrogen-bond donors (Lipinski definition) is 1. The number of hydrogen-bond acceptors (Lipinski definition) is 3. The van der Waals surface area contributed by atoms with Gasteiger partial charge < -0.3 is 9.84 Å². The van der Waals surface area contributed by atoms with E-state index in [-0.39, 0.29) is 0 Å². The van der Waals surface area contributed by atoms with E-state index in [2.05, 4.69) is 44.7 Å². The van der Waals surface area contributed by atoms with Gasteiger partial charge in [-0.05, 0) is 82.0 Å². The maximum Gasteiger partial charge on any atom is 0.119 e. The number of benzene rings is 2. The summed E-state index contributed by atoms with van der Waals surface area (Å²) in [6.07, 6.45) is 0.862. The standard InChI is InChI=1S/C22H31NO2/c1-16(2)23(17(3)4)12-13-25-22-10-6-19(7-11-22)15-20-8-9-21(24)14-18(20)5/h6-11,14,16-17,24H,12-13,15H2,1-5H3. The van der Waals surface area contributed by atoms with E-state index in [1.165, 1.54) is 11.1 Å². The van der Waals surface area contributed by atoms with Crippen LogP contribution in [0.3, 0.4) is 0 Å². The van der Waals surface area contributed by atoms with E-state index in [1.807, 2.05) is 31.2 Å². The predicted molar refractivity (Wildman–Crippen MR) is 105 cm³/mol. The first kappa shape index (κ1) is 19.3. The zero-order valence-electron chi connectivity index (χ0n) is 16.1. The SMILES string of the molecule is Cc1cc(O)ccc1Cc1ccc(OCCN(C(C)C)C(C)C)cc1. The Bertz CT molecular complexity index is 654. The minimum atomic E-state index is 0.321. The van der Waals surface area contributed by atoms with E-state index in [0.717, 1.165) is 24.3 Å². The molecule has 0 unspecified atom stereocenters. The number of phenols is 1. The molecular weight excluding hydrogens is 310 g/mol. The third-order valence-corrected chi connectivity index (χ3v) is 4.59. The van der Waals surface area contributed by atoms with Gasteiger partial charge in [-0.2, -0.15) is 0 Å². The summed E-state index contributed by atoms with van der Waals surface area (Å²) in [5, 5.41) is 9.51. The van der Waals surface area contributed by atoms with Gasteiger partial charge in [0, 0.05) is 18.6 Å². The van der Waals surface area contributed by atoms with E-state index < -0.39 is 0 Å². The van der Waals surface area contributed by atoms with Crippen molar-refractivity contribution in [1.29, 1.82) is 0 Å². The molecule has 0 aliphatic heterocycles. The van der Waals surface area contributed by atoms with Gasteiger partial charge in [0.05, 0.1) is 0 Å². The molecule has 0 aliphatic carbocycles. The molecule has 25 heavy (non-hydrogen) atoms. The molecule has 0 saturated carbocycles. The van der Waals surface area contributed by atoms with Crippen molar-refractivity contribution < 1.29 is 9.84 Å². The van der Waals surface area contributed by atoms with E-state index in [9.17, 15) is 5.11 Å². The molecule has 3 nitrogen and oxygen atoms in total. The molecule has 0 atom stereocenters. The lowest BCUT2D eigenvalue weighted by Gasteiger charge is -2.30. The second-order valence-corrected chi connectivity index (χ2v) is 7.21. The molecular formula is C22H31NO2. The smallest absolute Gasteiger partial charge is 0.119 e. The fourth-order valence-electron chi connectivity index (χ4n) is 3.18. The third-order valence-electron chi connectivity index (χ3n) is 4.59. The Morgan fingerprint density at radius 3 is 2.16 bits per heavy atom. The van der Waals surface area contributed by atoms with E-state index >= 15 is 0 Å². The summed E-state index contributed by atoms with van der Waals surface area (Å²) in [5.74, 6) is 1.24. The summed E-state index contributed by atoms with van der Waals surface area (Å²) in [6.45, 7) is 12.6. The Kier molecular flexibility index (Phi) is 6.89. The van der Waals surface area contributed by atoms with Crippen molar-refractivity contribution in [2.45, 2.75) is 53.1 Å². The Labute approximate surface area is 152 Å². The van der Waals surface area contributed by atoms with E-state index in [1.54, 1.807) is 6.07 Å². The van der Waals surface area contributed by atoms with Crippen LogP contribution in [-0.4, -0.2) is 35.2 Å². The summed E-state index contributed by atoms with van der Waals surface area (Å²) >= 11 is 0. The van der Waals surface area contributed by atoms with Crippen molar-refractivity contribution in [1.82, 2.24) is 4.90 Å². The molecule has 2 aromatic carbocycles. The van der Waals surface area contributed by atoms with E-state index in [0.29, 0.717) is 24.4 Å². The van der Waals surface area contributed by atoms with Crippen LogP contribution in [0.2, 0.25) is 0 Å². The number of aromatic hydroxyl groups is 1.